The van der Waals surface area contributed by atoms with Gasteiger partial charge in [-0.1, -0.05) is 24.3 Å². The van der Waals surface area contributed by atoms with Gasteiger partial charge in [0.15, 0.2) is 5.78 Å². The fraction of sp³-hybridized carbons (Fsp3) is 0.316. The van der Waals surface area contributed by atoms with Gasteiger partial charge in [-0.25, -0.2) is 0 Å². The van der Waals surface area contributed by atoms with Crippen LogP contribution in [-0.4, -0.2) is 30.8 Å². The topological polar surface area (TPSA) is 35.5 Å². The van der Waals surface area contributed by atoms with E-state index in [0.717, 1.165) is 22.6 Å². The number of methoxy groups -OCH3 is 2. The maximum atomic E-state index is 12.4. The van der Waals surface area contributed by atoms with E-state index in [1.807, 2.05) is 48.5 Å². The number of Topliss-reactive ketones (excluding diaryl/α,β-unsaturated/α-hetero) is 1. The molecule has 0 fully saturated rings. The van der Waals surface area contributed by atoms with Crippen molar-refractivity contribution in [2.75, 3.05) is 14.2 Å². The third-order valence-corrected chi connectivity index (χ3v) is 4.50. The van der Waals surface area contributed by atoms with E-state index in [2.05, 4.69) is 0 Å². The molecule has 0 amide bonds. The second kappa shape index (κ2) is 8.95. The molecular weight excluding hydrogens is 347 g/mol. The van der Waals surface area contributed by atoms with Crippen LogP contribution in [0.1, 0.15) is 11.1 Å². The van der Waals surface area contributed by atoms with Gasteiger partial charge in [0.1, 0.15) is 11.5 Å². The van der Waals surface area contributed by atoms with Crippen molar-refractivity contribution in [1.82, 2.24) is 0 Å². The number of hydrogen-bond donors (Lipinski definition) is 0. The first-order valence-electron chi connectivity index (χ1n) is 7.61. The highest BCUT2D eigenvalue weighted by molar-refractivity contribution is 6.40. The van der Waals surface area contributed by atoms with Gasteiger partial charge in [0.05, 0.1) is 25.0 Å². The Morgan fingerprint density at radius 1 is 0.792 bits per heavy atom. The molecule has 2 aromatic carbocycles. The van der Waals surface area contributed by atoms with Gasteiger partial charge in [-0.2, -0.15) is 0 Å². The number of ketones is 1. The lowest BCUT2D eigenvalue weighted by Gasteiger charge is -2.14. The molecule has 2 aromatic rings. The van der Waals surface area contributed by atoms with E-state index in [-0.39, 0.29) is 5.78 Å². The monoisotopic (exact) mass is 366 g/mol. The molecule has 0 spiro atoms. The Kier molecular flexibility index (Phi) is 6.95. The predicted molar refractivity (Wildman–Crippen MR) is 97.7 cm³/mol. The van der Waals surface area contributed by atoms with Crippen LogP contribution >= 0.6 is 23.2 Å². The van der Waals surface area contributed by atoms with Gasteiger partial charge in [0.2, 0.25) is 0 Å². The molecule has 0 heterocycles. The molecule has 0 radical (unpaired) electrons. The first kappa shape index (κ1) is 18.6. The minimum atomic E-state index is -0.654. The zero-order valence-corrected chi connectivity index (χ0v) is 15.2. The van der Waals surface area contributed by atoms with Crippen LogP contribution in [0.25, 0.3) is 0 Å². The van der Waals surface area contributed by atoms with Gasteiger partial charge in [-0.3, -0.25) is 4.79 Å². The largest absolute Gasteiger partial charge is 0.497 e. The lowest BCUT2D eigenvalue weighted by Crippen LogP contribution is -2.28. The van der Waals surface area contributed by atoms with Crippen LogP contribution in [0.15, 0.2) is 48.5 Å². The number of ether oxygens (including phenoxy) is 2. The van der Waals surface area contributed by atoms with Crippen LogP contribution < -0.4 is 9.47 Å². The molecule has 0 saturated carbocycles. The van der Waals surface area contributed by atoms with Crippen LogP contribution in [0.2, 0.25) is 0 Å². The molecule has 0 aromatic heterocycles. The van der Waals surface area contributed by atoms with E-state index in [1.54, 1.807) is 14.2 Å². The Morgan fingerprint density at radius 2 is 1.12 bits per heavy atom. The number of rotatable bonds is 8. The van der Waals surface area contributed by atoms with Crippen molar-refractivity contribution in [3.63, 3.8) is 0 Å². The zero-order valence-electron chi connectivity index (χ0n) is 13.7. The molecule has 2 unspecified atom stereocenters. The maximum Gasteiger partial charge on any atom is 0.169 e. The number of alkyl halides is 2. The van der Waals surface area contributed by atoms with E-state index < -0.39 is 10.8 Å². The molecule has 3 nitrogen and oxygen atoms in total. The minimum absolute atomic E-state index is 0.162. The van der Waals surface area contributed by atoms with Crippen molar-refractivity contribution >= 4 is 29.0 Å². The van der Waals surface area contributed by atoms with Crippen molar-refractivity contribution in [2.24, 2.45) is 0 Å². The van der Waals surface area contributed by atoms with Crippen molar-refractivity contribution in [2.45, 2.75) is 23.6 Å². The van der Waals surface area contributed by atoms with Crippen molar-refractivity contribution < 1.29 is 14.3 Å². The smallest absolute Gasteiger partial charge is 0.169 e. The highest BCUT2D eigenvalue weighted by atomic mass is 35.5. The summed E-state index contributed by atoms with van der Waals surface area (Å²) in [5, 5.41) is -1.31. The van der Waals surface area contributed by atoms with E-state index in [1.165, 1.54) is 0 Å². The summed E-state index contributed by atoms with van der Waals surface area (Å²) in [7, 11) is 3.22. The van der Waals surface area contributed by atoms with Gasteiger partial charge in [-0.05, 0) is 48.2 Å². The molecule has 0 bridgehead atoms. The number of carbonyl (C=O) groups is 1. The summed E-state index contributed by atoms with van der Waals surface area (Å²) < 4.78 is 10.2. The summed E-state index contributed by atoms with van der Waals surface area (Å²) >= 11 is 12.5. The molecule has 24 heavy (non-hydrogen) atoms. The summed E-state index contributed by atoms with van der Waals surface area (Å²) in [6.45, 7) is 0. The summed E-state index contributed by atoms with van der Waals surface area (Å²) in [4.78, 5) is 12.4. The van der Waals surface area contributed by atoms with E-state index in [4.69, 9.17) is 32.7 Å². The molecule has 5 heteroatoms. The number of hydrogen-bond acceptors (Lipinski definition) is 3. The maximum absolute atomic E-state index is 12.4. The van der Waals surface area contributed by atoms with Gasteiger partial charge >= 0.3 is 0 Å². The summed E-state index contributed by atoms with van der Waals surface area (Å²) in [5.74, 6) is 1.38. The molecule has 128 valence electrons. The lowest BCUT2D eigenvalue weighted by molar-refractivity contribution is -0.118. The Balaban J connectivity index is 1.92. The van der Waals surface area contributed by atoms with E-state index in [9.17, 15) is 4.79 Å². The second-order valence-corrected chi connectivity index (χ2v) is 6.50. The second-order valence-electron chi connectivity index (χ2n) is 5.44. The lowest BCUT2D eigenvalue weighted by atomic mass is 10.0. The Hall–Kier alpha value is -1.71. The Bertz CT molecular complexity index is 596. The van der Waals surface area contributed by atoms with Gasteiger partial charge in [-0.15, -0.1) is 23.2 Å². The molecule has 0 saturated heterocycles. The highest BCUT2D eigenvalue weighted by Gasteiger charge is 2.24. The Morgan fingerprint density at radius 3 is 1.42 bits per heavy atom. The molecule has 2 atom stereocenters. The van der Waals surface area contributed by atoms with Crippen LogP contribution in [0.5, 0.6) is 11.5 Å². The van der Waals surface area contributed by atoms with Crippen molar-refractivity contribution in [3.8, 4) is 11.5 Å². The molecule has 0 N–H and O–H groups in total. The average molecular weight is 367 g/mol. The van der Waals surface area contributed by atoms with Crippen LogP contribution in [0.4, 0.5) is 0 Å². The zero-order chi connectivity index (χ0) is 17.5. The van der Waals surface area contributed by atoms with Crippen LogP contribution in [0, 0.1) is 0 Å². The molecule has 2 rings (SSSR count). The average Bonchev–Trinajstić information content (AvgIpc) is 2.62. The Labute approximate surface area is 152 Å². The van der Waals surface area contributed by atoms with Crippen molar-refractivity contribution in [1.29, 1.82) is 0 Å². The standard InChI is InChI=1S/C19H20Cl2O3/c1-23-15-7-3-13(4-8-15)11-17(20)19(22)18(21)12-14-5-9-16(24-2)10-6-14/h3-10,17-18H,11-12H2,1-2H3. The molecular formula is C19H20Cl2O3. The normalized spacial score (nSPS) is 13.2. The molecule has 0 aliphatic heterocycles. The fourth-order valence-electron chi connectivity index (χ4n) is 2.33. The quantitative estimate of drug-likeness (QED) is 0.654. The number of carbonyl (C=O) groups excluding carboxylic acids is 1. The van der Waals surface area contributed by atoms with Gasteiger partial charge in [0, 0.05) is 0 Å². The van der Waals surface area contributed by atoms with E-state index in [0.29, 0.717) is 12.8 Å². The third-order valence-electron chi connectivity index (χ3n) is 3.77. The summed E-state index contributed by atoms with van der Waals surface area (Å²) in [6, 6.07) is 15.0. The molecule has 0 aliphatic carbocycles. The first-order chi connectivity index (χ1) is 11.5. The SMILES string of the molecule is COc1ccc(CC(Cl)C(=O)C(Cl)Cc2ccc(OC)cc2)cc1. The minimum Gasteiger partial charge on any atom is -0.497 e. The van der Waals surface area contributed by atoms with Crippen LogP contribution in [0.3, 0.4) is 0 Å². The highest BCUT2D eigenvalue weighted by Crippen LogP contribution is 2.20. The number of benzene rings is 2. The number of halogens is 2. The first-order valence-corrected chi connectivity index (χ1v) is 8.48. The van der Waals surface area contributed by atoms with Gasteiger partial charge in [0.25, 0.3) is 0 Å². The summed E-state index contributed by atoms with van der Waals surface area (Å²) in [5.41, 5.74) is 1.94. The fourth-order valence-corrected chi connectivity index (χ4v) is 3.06. The van der Waals surface area contributed by atoms with Crippen molar-refractivity contribution in [3.05, 3.63) is 59.7 Å². The van der Waals surface area contributed by atoms with E-state index >= 15 is 0 Å². The summed E-state index contributed by atoms with van der Waals surface area (Å²) in [6.07, 6.45) is 0.881. The molecule has 0 aliphatic rings. The third kappa shape index (κ3) is 5.15. The predicted octanol–water partition coefficient (Wildman–Crippen LogP) is 4.27. The van der Waals surface area contributed by atoms with Gasteiger partial charge < -0.3 is 9.47 Å². The van der Waals surface area contributed by atoms with Crippen LogP contribution in [-0.2, 0) is 17.6 Å².